The SMILES string of the molecule is CCOC(=O)CCCNC(=O)COC(=O)c1c(Cl)cccc1Cl. The molecule has 0 aliphatic rings. The molecular formula is C15H17Cl2NO5. The fourth-order valence-corrected chi connectivity index (χ4v) is 2.19. The van der Waals surface area contributed by atoms with Crippen molar-refractivity contribution in [3.8, 4) is 0 Å². The van der Waals surface area contributed by atoms with E-state index in [9.17, 15) is 14.4 Å². The van der Waals surface area contributed by atoms with Gasteiger partial charge in [0.25, 0.3) is 5.91 Å². The summed E-state index contributed by atoms with van der Waals surface area (Å²) < 4.78 is 9.61. The Balaban J connectivity index is 2.31. The normalized spacial score (nSPS) is 10.0. The molecule has 0 heterocycles. The first kappa shape index (κ1) is 19.3. The van der Waals surface area contributed by atoms with Crippen molar-refractivity contribution < 1.29 is 23.9 Å². The summed E-state index contributed by atoms with van der Waals surface area (Å²) >= 11 is 11.7. The Hall–Kier alpha value is -1.79. The van der Waals surface area contributed by atoms with Crippen LogP contribution in [0.5, 0.6) is 0 Å². The van der Waals surface area contributed by atoms with Crippen molar-refractivity contribution in [1.82, 2.24) is 5.32 Å². The zero-order valence-electron chi connectivity index (χ0n) is 12.6. The van der Waals surface area contributed by atoms with Gasteiger partial charge in [-0.05, 0) is 25.5 Å². The second-order valence-corrected chi connectivity index (χ2v) is 5.25. The predicted octanol–water partition coefficient (Wildman–Crippen LogP) is 2.61. The molecule has 1 rings (SSSR count). The van der Waals surface area contributed by atoms with E-state index in [1.165, 1.54) is 12.1 Å². The Morgan fingerprint density at radius 3 is 2.39 bits per heavy atom. The summed E-state index contributed by atoms with van der Waals surface area (Å²) in [6.07, 6.45) is 0.651. The van der Waals surface area contributed by atoms with Crippen LogP contribution in [-0.2, 0) is 19.1 Å². The summed E-state index contributed by atoms with van der Waals surface area (Å²) in [5.74, 6) is -1.57. The third kappa shape index (κ3) is 6.88. The maximum Gasteiger partial charge on any atom is 0.341 e. The van der Waals surface area contributed by atoms with Gasteiger partial charge in [-0.15, -0.1) is 0 Å². The Morgan fingerprint density at radius 1 is 1.13 bits per heavy atom. The van der Waals surface area contributed by atoms with Gasteiger partial charge in [0, 0.05) is 13.0 Å². The van der Waals surface area contributed by atoms with E-state index in [0.717, 1.165) is 0 Å². The molecule has 0 radical (unpaired) electrons. The second-order valence-electron chi connectivity index (χ2n) is 4.43. The van der Waals surface area contributed by atoms with Crippen molar-refractivity contribution in [2.24, 2.45) is 0 Å². The maximum atomic E-state index is 11.8. The molecule has 1 amide bonds. The van der Waals surface area contributed by atoms with E-state index in [1.807, 2.05) is 0 Å². The molecule has 6 nitrogen and oxygen atoms in total. The number of nitrogens with one attached hydrogen (secondary N) is 1. The number of ether oxygens (including phenoxy) is 2. The largest absolute Gasteiger partial charge is 0.466 e. The molecule has 8 heteroatoms. The third-order valence-corrected chi connectivity index (χ3v) is 3.32. The summed E-state index contributed by atoms with van der Waals surface area (Å²) in [4.78, 5) is 34.5. The predicted molar refractivity (Wildman–Crippen MR) is 85.6 cm³/mol. The molecule has 1 N–H and O–H groups in total. The summed E-state index contributed by atoms with van der Waals surface area (Å²) in [6, 6.07) is 4.59. The fourth-order valence-electron chi connectivity index (χ4n) is 1.64. The Labute approximate surface area is 144 Å². The highest BCUT2D eigenvalue weighted by Crippen LogP contribution is 2.24. The van der Waals surface area contributed by atoms with E-state index in [2.05, 4.69) is 5.32 Å². The van der Waals surface area contributed by atoms with E-state index in [1.54, 1.807) is 13.0 Å². The van der Waals surface area contributed by atoms with E-state index in [0.29, 0.717) is 13.0 Å². The molecule has 0 saturated heterocycles. The van der Waals surface area contributed by atoms with Crippen molar-refractivity contribution in [3.05, 3.63) is 33.8 Å². The van der Waals surface area contributed by atoms with Gasteiger partial charge in [-0.3, -0.25) is 9.59 Å². The number of esters is 2. The van der Waals surface area contributed by atoms with E-state index < -0.39 is 18.5 Å². The average molecular weight is 362 g/mol. The number of hydrogen-bond acceptors (Lipinski definition) is 5. The lowest BCUT2D eigenvalue weighted by Crippen LogP contribution is -2.30. The monoisotopic (exact) mass is 361 g/mol. The quantitative estimate of drug-likeness (QED) is 0.568. The van der Waals surface area contributed by atoms with Gasteiger partial charge in [0.1, 0.15) is 0 Å². The van der Waals surface area contributed by atoms with Crippen LogP contribution in [0.2, 0.25) is 10.0 Å². The second kappa shape index (κ2) is 10.1. The van der Waals surface area contributed by atoms with Crippen molar-refractivity contribution >= 4 is 41.0 Å². The smallest absolute Gasteiger partial charge is 0.341 e. The molecule has 0 spiro atoms. The van der Waals surface area contributed by atoms with Crippen LogP contribution < -0.4 is 5.32 Å². The Kier molecular flexibility index (Phi) is 8.43. The van der Waals surface area contributed by atoms with Crippen LogP contribution in [0, 0.1) is 0 Å². The van der Waals surface area contributed by atoms with Crippen LogP contribution >= 0.6 is 23.2 Å². The first-order valence-corrected chi connectivity index (χ1v) is 7.74. The number of carbonyl (C=O) groups excluding carboxylic acids is 3. The molecule has 0 aliphatic heterocycles. The lowest BCUT2D eigenvalue weighted by Gasteiger charge is -2.08. The molecular weight excluding hydrogens is 345 g/mol. The Morgan fingerprint density at radius 2 is 1.78 bits per heavy atom. The van der Waals surface area contributed by atoms with Gasteiger partial charge in [0.15, 0.2) is 6.61 Å². The van der Waals surface area contributed by atoms with Crippen LogP contribution in [0.3, 0.4) is 0 Å². The lowest BCUT2D eigenvalue weighted by atomic mass is 10.2. The summed E-state index contributed by atoms with van der Waals surface area (Å²) in [6.45, 7) is 1.87. The third-order valence-electron chi connectivity index (χ3n) is 2.69. The molecule has 0 fully saturated rings. The number of benzene rings is 1. The zero-order chi connectivity index (χ0) is 17.2. The van der Waals surface area contributed by atoms with Gasteiger partial charge < -0.3 is 14.8 Å². The molecule has 1 aromatic rings. The van der Waals surface area contributed by atoms with E-state index in [4.69, 9.17) is 32.7 Å². The van der Waals surface area contributed by atoms with Gasteiger partial charge in [-0.25, -0.2) is 4.79 Å². The number of halogens is 2. The molecule has 0 aromatic heterocycles. The Bertz CT molecular complexity index is 557. The van der Waals surface area contributed by atoms with Crippen molar-refractivity contribution in [2.45, 2.75) is 19.8 Å². The van der Waals surface area contributed by atoms with Crippen molar-refractivity contribution in [2.75, 3.05) is 19.8 Å². The van der Waals surface area contributed by atoms with Crippen LogP contribution in [0.15, 0.2) is 18.2 Å². The zero-order valence-corrected chi connectivity index (χ0v) is 14.1. The molecule has 0 atom stereocenters. The van der Waals surface area contributed by atoms with Crippen LogP contribution in [0.4, 0.5) is 0 Å². The standard InChI is InChI=1S/C15H17Cl2NO5/c1-2-22-13(20)7-4-8-18-12(19)9-23-15(21)14-10(16)5-3-6-11(14)17/h3,5-6H,2,4,7-9H2,1H3,(H,18,19). The van der Waals surface area contributed by atoms with E-state index in [-0.39, 0.29) is 34.5 Å². The molecule has 0 saturated carbocycles. The van der Waals surface area contributed by atoms with Crippen molar-refractivity contribution in [3.63, 3.8) is 0 Å². The molecule has 126 valence electrons. The first-order valence-electron chi connectivity index (χ1n) is 6.99. The van der Waals surface area contributed by atoms with Gasteiger partial charge in [-0.1, -0.05) is 29.3 Å². The van der Waals surface area contributed by atoms with Crippen LogP contribution in [0.1, 0.15) is 30.1 Å². The first-order chi connectivity index (χ1) is 11.0. The average Bonchev–Trinajstić information content (AvgIpc) is 2.49. The highest BCUT2D eigenvalue weighted by Gasteiger charge is 2.17. The topological polar surface area (TPSA) is 81.7 Å². The minimum Gasteiger partial charge on any atom is -0.466 e. The molecule has 1 aromatic carbocycles. The van der Waals surface area contributed by atoms with Crippen molar-refractivity contribution in [1.29, 1.82) is 0 Å². The lowest BCUT2D eigenvalue weighted by molar-refractivity contribution is -0.143. The number of hydrogen-bond donors (Lipinski definition) is 1. The molecule has 0 unspecified atom stereocenters. The molecule has 0 aliphatic carbocycles. The minimum atomic E-state index is -0.776. The van der Waals surface area contributed by atoms with Gasteiger partial charge in [0.05, 0.1) is 22.2 Å². The summed E-state index contributed by atoms with van der Waals surface area (Å²) in [7, 11) is 0. The van der Waals surface area contributed by atoms with Crippen LogP contribution in [0.25, 0.3) is 0 Å². The highest BCUT2D eigenvalue weighted by molar-refractivity contribution is 6.39. The molecule has 23 heavy (non-hydrogen) atoms. The number of amides is 1. The van der Waals surface area contributed by atoms with E-state index >= 15 is 0 Å². The van der Waals surface area contributed by atoms with Gasteiger partial charge >= 0.3 is 11.9 Å². The summed E-state index contributed by atoms with van der Waals surface area (Å²) in [5.41, 5.74) is 0.0194. The maximum absolute atomic E-state index is 11.8. The minimum absolute atomic E-state index is 0.0194. The summed E-state index contributed by atoms with van der Waals surface area (Å²) in [5, 5.41) is 2.83. The number of rotatable bonds is 8. The highest BCUT2D eigenvalue weighted by atomic mass is 35.5. The van der Waals surface area contributed by atoms with Gasteiger partial charge in [-0.2, -0.15) is 0 Å². The molecule has 0 bridgehead atoms. The number of carbonyl (C=O) groups is 3. The van der Waals surface area contributed by atoms with Gasteiger partial charge in [0.2, 0.25) is 0 Å². The van der Waals surface area contributed by atoms with Crippen LogP contribution in [-0.4, -0.2) is 37.6 Å². The fraction of sp³-hybridized carbons (Fsp3) is 0.400.